The van der Waals surface area contributed by atoms with E-state index in [9.17, 15) is 12.8 Å². The summed E-state index contributed by atoms with van der Waals surface area (Å²) in [6.07, 6.45) is 0. The molecule has 0 aliphatic rings. The van der Waals surface area contributed by atoms with E-state index >= 15 is 0 Å². The number of benzene rings is 1. The third-order valence-electron chi connectivity index (χ3n) is 2.45. The lowest BCUT2D eigenvalue weighted by atomic mass is 10.2. The summed E-state index contributed by atoms with van der Waals surface area (Å²) in [6.45, 7) is 3.19. The Hall–Kier alpha value is -1.67. The fraction of sp³-hybridized carbons (Fsp3) is 0.182. The molecular formula is C11H12FN3O2S2. The lowest BCUT2D eigenvalue weighted by molar-refractivity contribution is 0.602. The Bertz CT molecular complexity index is 726. The van der Waals surface area contributed by atoms with E-state index in [1.54, 1.807) is 13.8 Å². The molecule has 1 heterocycles. The van der Waals surface area contributed by atoms with Gasteiger partial charge in [-0.15, -0.1) is 0 Å². The Morgan fingerprint density at radius 2 is 2.05 bits per heavy atom. The second kappa shape index (κ2) is 4.78. The zero-order chi connectivity index (χ0) is 14.2. The highest BCUT2D eigenvalue weighted by Crippen LogP contribution is 2.28. The number of sulfonamides is 1. The first-order valence-electron chi connectivity index (χ1n) is 5.31. The Labute approximate surface area is 114 Å². The van der Waals surface area contributed by atoms with Crippen LogP contribution in [0.5, 0.6) is 0 Å². The number of anilines is 2. The van der Waals surface area contributed by atoms with Crippen LogP contribution in [0.1, 0.15) is 11.3 Å². The Kier molecular flexibility index (Phi) is 3.46. The van der Waals surface area contributed by atoms with Crippen LogP contribution in [0.3, 0.4) is 0 Å². The number of hydrogen-bond acceptors (Lipinski definition) is 5. The SMILES string of the molecule is Cc1cc(F)ccc1NS(=O)(=O)c1sc(N)nc1C. The largest absolute Gasteiger partial charge is 0.375 e. The van der Waals surface area contributed by atoms with Gasteiger partial charge in [-0.05, 0) is 37.6 Å². The Morgan fingerprint density at radius 3 is 2.58 bits per heavy atom. The van der Waals surface area contributed by atoms with E-state index in [0.29, 0.717) is 16.9 Å². The summed E-state index contributed by atoms with van der Waals surface area (Å²) < 4.78 is 39.8. The lowest BCUT2D eigenvalue weighted by Gasteiger charge is -2.09. The maximum Gasteiger partial charge on any atom is 0.273 e. The molecule has 0 atom stereocenters. The van der Waals surface area contributed by atoms with Gasteiger partial charge in [-0.2, -0.15) is 0 Å². The van der Waals surface area contributed by atoms with E-state index in [2.05, 4.69) is 9.71 Å². The summed E-state index contributed by atoms with van der Waals surface area (Å²) in [5, 5.41) is 0.189. The average molecular weight is 301 g/mol. The van der Waals surface area contributed by atoms with E-state index < -0.39 is 15.8 Å². The van der Waals surface area contributed by atoms with Gasteiger partial charge in [-0.25, -0.2) is 17.8 Å². The van der Waals surface area contributed by atoms with Crippen molar-refractivity contribution in [1.29, 1.82) is 0 Å². The third kappa shape index (κ3) is 2.85. The first kappa shape index (κ1) is 13.8. The molecule has 0 spiro atoms. The predicted octanol–water partition coefficient (Wildman–Crippen LogP) is 2.28. The molecule has 0 saturated carbocycles. The van der Waals surface area contributed by atoms with Crippen molar-refractivity contribution in [2.24, 2.45) is 0 Å². The van der Waals surface area contributed by atoms with Gasteiger partial charge in [-0.3, -0.25) is 4.72 Å². The number of nitrogens with zero attached hydrogens (tertiary/aromatic N) is 1. The van der Waals surface area contributed by atoms with Crippen molar-refractivity contribution in [2.45, 2.75) is 18.1 Å². The molecule has 19 heavy (non-hydrogen) atoms. The van der Waals surface area contributed by atoms with Gasteiger partial charge in [0.2, 0.25) is 0 Å². The van der Waals surface area contributed by atoms with Crippen LogP contribution in [0.25, 0.3) is 0 Å². The average Bonchev–Trinajstić information content (AvgIpc) is 2.63. The molecule has 0 fully saturated rings. The normalized spacial score (nSPS) is 11.5. The number of rotatable bonds is 3. The summed E-state index contributed by atoms with van der Waals surface area (Å²) in [6, 6.07) is 3.83. The topological polar surface area (TPSA) is 85.1 Å². The van der Waals surface area contributed by atoms with Crippen LogP contribution in [0, 0.1) is 19.7 Å². The van der Waals surface area contributed by atoms with Gasteiger partial charge >= 0.3 is 0 Å². The number of aryl methyl sites for hydroxylation is 2. The van der Waals surface area contributed by atoms with Crippen molar-refractivity contribution >= 4 is 32.2 Å². The van der Waals surface area contributed by atoms with E-state index in [1.165, 1.54) is 18.2 Å². The van der Waals surface area contributed by atoms with Crippen molar-refractivity contribution < 1.29 is 12.8 Å². The molecule has 0 aliphatic heterocycles. The second-order valence-electron chi connectivity index (χ2n) is 3.99. The summed E-state index contributed by atoms with van der Waals surface area (Å²) in [5.41, 5.74) is 6.65. The maximum absolute atomic E-state index is 13.0. The number of aromatic nitrogens is 1. The van der Waals surface area contributed by atoms with Crippen molar-refractivity contribution in [3.8, 4) is 0 Å². The van der Waals surface area contributed by atoms with Crippen LogP contribution in [-0.2, 0) is 10.0 Å². The van der Waals surface area contributed by atoms with E-state index in [0.717, 1.165) is 11.3 Å². The molecular weight excluding hydrogens is 289 g/mol. The zero-order valence-corrected chi connectivity index (χ0v) is 11.9. The quantitative estimate of drug-likeness (QED) is 0.910. The maximum atomic E-state index is 13.0. The summed E-state index contributed by atoms with van der Waals surface area (Å²) in [5.74, 6) is -0.418. The van der Waals surface area contributed by atoms with Crippen LogP contribution in [0.15, 0.2) is 22.4 Å². The summed E-state index contributed by atoms with van der Waals surface area (Å²) >= 11 is 0.892. The molecule has 1 aromatic heterocycles. The number of halogens is 1. The highest BCUT2D eigenvalue weighted by Gasteiger charge is 2.21. The molecule has 1 aromatic carbocycles. The van der Waals surface area contributed by atoms with Crippen LogP contribution < -0.4 is 10.5 Å². The van der Waals surface area contributed by atoms with E-state index in [1.807, 2.05) is 0 Å². The van der Waals surface area contributed by atoms with Crippen molar-refractivity contribution in [2.75, 3.05) is 10.5 Å². The molecule has 0 unspecified atom stereocenters. The molecule has 102 valence electrons. The second-order valence-corrected chi connectivity index (χ2v) is 6.90. The Morgan fingerprint density at radius 1 is 1.37 bits per heavy atom. The Balaban J connectivity index is 2.39. The van der Waals surface area contributed by atoms with Crippen LogP contribution in [-0.4, -0.2) is 13.4 Å². The number of hydrogen-bond donors (Lipinski definition) is 2. The molecule has 0 saturated heterocycles. The number of nitrogens with one attached hydrogen (secondary N) is 1. The summed E-state index contributed by atoms with van der Waals surface area (Å²) in [4.78, 5) is 3.87. The van der Waals surface area contributed by atoms with Gasteiger partial charge < -0.3 is 5.73 Å². The predicted molar refractivity (Wildman–Crippen MR) is 73.2 cm³/mol. The standard InChI is InChI=1S/C11H12FN3O2S2/c1-6-5-8(12)3-4-9(6)15-19(16,17)10-7(2)14-11(13)18-10/h3-5,15H,1-2H3,(H2,13,14). The van der Waals surface area contributed by atoms with Crippen LogP contribution in [0.4, 0.5) is 15.2 Å². The van der Waals surface area contributed by atoms with Gasteiger partial charge in [0.05, 0.1) is 11.4 Å². The minimum Gasteiger partial charge on any atom is -0.375 e. The smallest absolute Gasteiger partial charge is 0.273 e. The van der Waals surface area contributed by atoms with Gasteiger partial charge in [0.25, 0.3) is 10.0 Å². The highest BCUT2D eigenvalue weighted by atomic mass is 32.2. The third-order valence-corrected chi connectivity index (χ3v) is 5.41. The number of nitrogens with two attached hydrogens (primary N) is 1. The molecule has 0 aliphatic carbocycles. The minimum atomic E-state index is -3.75. The minimum absolute atomic E-state index is 0.0636. The molecule has 0 amide bonds. The molecule has 3 N–H and O–H groups in total. The molecule has 2 aromatic rings. The fourth-order valence-electron chi connectivity index (χ4n) is 1.58. The van der Waals surface area contributed by atoms with Gasteiger partial charge in [0.1, 0.15) is 5.82 Å². The van der Waals surface area contributed by atoms with E-state index in [-0.39, 0.29) is 9.34 Å². The van der Waals surface area contributed by atoms with Crippen LogP contribution in [0.2, 0.25) is 0 Å². The van der Waals surface area contributed by atoms with Gasteiger partial charge in [0.15, 0.2) is 9.34 Å². The fourth-order valence-corrected chi connectivity index (χ4v) is 4.02. The number of thiazole rings is 1. The molecule has 0 bridgehead atoms. The van der Waals surface area contributed by atoms with Crippen molar-refractivity contribution in [1.82, 2.24) is 4.98 Å². The molecule has 0 radical (unpaired) electrons. The first-order chi connectivity index (χ1) is 8.79. The van der Waals surface area contributed by atoms with Gasteiger partial charge in [0, 0.05) is 0 Å². The molecule has 2 rings (SSSR count). The van der Waals surface area contributed by atoms with Gasteiger partial charge in [-0.1, -0.05) is 11.3 Å². The number of nitrogen functional groups attached to an aromatic ring is 1. The van der Waals surface area contributed by atoms with E-state index in [4.69, 9.17) is 5.73 Å². The lowest BCUT2D eigenvalue weighted by Crippen LogP contribution is -2.13. The molecule has 5 nitrogen and oxygen atoms in total. The van der Waals surface area contributed by atoms with Crippen molar-refractivity contribution in [3.63, 3.8) is 0 Å². The van der Waals surface area contributed by atoms with Crippen LogP contribution >= 0.6 is 11.3 Å². The summed E-state index contributed by atoms with van der Waals surface area (Å²) in [7, 11) is -3.75. The molecule has 8 heteroatoms. The monoisotopic (exact) mass is 301 g/mol. The highest BCUT2D eigenvalue weighted by molar-refractivity contribution is 7.94. The zero-order valence-electron chi connectivity index (χ0n) is 10.3. The van der Waals surface area contributed by atoms with Crippen molar-refractivity contribution in [3.05, 3.63) is 35.3 Å². The first-order valence-corrected chi connectivity index (χ1v) is 7.61.